The minimum Gasteiger partial charge on any atom is -0.494 e. The molecule has 0 radical (unpaired) electrons. The molecule has 1 aromatic heterocycles. The zero-order valence-corrected chi connectivity index (χ0v) is 21.2. The van der Waals surface area contributed by atoms with Crippen molar-refractivity contribution in [2.45, 2.75) is 26.8 Å². The molecule has 0 N–H and O–H groups in total. The van der Waals surface area contributed by atoms with E-state index in [0.29, 0.717) is 27.2 Å². The highest BCUT2D eigenvalue weighted by molar-refractivity contribution is 7.07. The molecule has 1 aliphatic heterocycles. The Morgan fingerprint density at radius 3 is 2.53 bits per heavy atom. The molecular weight excluding hydrogens is 472 g/mol. The third-order valence-electron chi connectivity index (χ3n) is 6.13. The fourth-order valence-corrected chi connectivity index (χ4v) is 5.57. The Morgan fingerprint density at radius 1 is 1.03 bits per heavy atom. The fraction of sp³-hybridized carbons (Fsp3) is 0.207. The molecule has 0 aliphatic carbocycles. The summed E-state index contributed by atoms with van der Waals surface area (Å²) >= 11 is 1.32. The smallest absolute Gasteiger partial charge is 0.338 e. The third-order valence-corrected chi connectivity index (χ3v) is 7.12. The summed E-state index contributed by atoms with van der Waals surface area (Å²) in [5.74, 6) is 0.254. The van der Waals surface area contributed by atoms with Crippen LogP contribution in [0, 0.1) is 0 Å². The van der Waals surface area contributed by atoms with Gasteiger partial charge in [-0.2, -0.15) is 0 Å². The predicted octanol–water partition coefficient (Wildman–Crippen LogP) is 4.35. The molecule has 2 heterocycles. The van der Waals surface area contributed by atoms with Gasteiger partial charge in [-0.05, 0) is 60.9 Å². The van der Waals surface area contributed by atoms with Crippen LogP contribution < -0.4 is 19.6 Å². The second-order valence-electron chi connectivity index (χ2n) is 8.37. The number of rotatable bonds is 6. The van der Waals surface area contributed by atoms with Gasteiger partial charge in [-0.1, -0.05) is 65.9 Å². The molecule has 36 heavy (non-hydrogen) atoms. The maximum Gasteiger partial charge on any atom is 0.338 e. The van der Waals surface area contributed by atoms with Gasteiger partial charge in [0, 0.05) is 0 Å². The molecule has 6 nitrogen and oxygen atoms in total. The van der Waals surface area contributed by atoms with Crippen LogP contribution in [0.25, 0.3) is 16.8 Å². The van der Waals surface area contributed by atoms with Crippen molar-refractivity contribution in [1.29, 1.82) is 0 Å². The highest BCUT2D eigenvalue weighted by atomic mass is 32.1. The summed E-state index contributed by atoms with van der Waals surface area (Å²) in [6, 6.07) is 20.9. The number of hydrogen-bond donors (Lipinski definition) is 0. The van der Waals surface area contributed by atoms with E-state index in [1.54, 1.807) is 18.4 Å². The monoisotopic (exact) mass is 498 g/mol. The average molecular weight is 499 g/mol. The van der Waals surface area contributed by atoms with E-state index in [0.717, 1.165) is 27.6 Å². The lowest BCUT2D eigenvalue weighted by atomic mass is 9.96. The van der Waals surface area contributed by atoms with Gasteiger partial charge >= 0.3 is 5.97 Å². The normalized spacial score (nSPS) is 15.5. The largest absolute Gasteiger partial charge is 0.494 e. The molecule has 1 aliphatic rings. The zero-order valence-electron chi connectivity index (χ0n) is 20.4. The van der Waals surface area contributed by atoms with Crippen LogP contribution in [0.5, 0.6) is 5.75 Å². The Hall–Kier alpha value is -3.97. The molecule has 0 bridgehead atoms. The van der Waals surface area contributed by atoms with E-state index in [2.05, 4.69) is 17.1 Å². The van der Waals surface area contributed by atoms with Crippen molar-refractivity contribution in [2.24, 2.45) is 4.99 Å². The van der Waals surface area contributed by atoms with Gasteiger partial charge in [0.05, 0.1) is 35.1 Å². The Morgan fingerprint density at radius 2 is 1.78 bits per heavy atom. The summed E-state index contributed by atoms with van der Waals surface area (Å²) in [6.07, 6.45) is 1.91. The number of esters is 1. The van der Waals surface area contributed by atoms with Crippen molar-refractivity contribution in [3.63, 3.8) is 0 Å². The number of hydrogen-bond acceptors (Lipinski definition) is 6. The first-order valence-corrected chi connectivity index (χ1v) is 12.7. The first-order valence-electron chi connectivity index (χ1n) is 11.9. The van der Waals surface area contributed by atoms with E-state index in [9.17, 15) is 9.59 Å². The molecule has 0 unspecified atom stereocenters. The molecule has 4 aromatic rings. The van der Waals surface area contributed by atoms with Gasteiger partial charge in [0.15, 0.2) is 4.80 Å². The van der Waals surface area contributed by atoms with Crippen LogP contribution in [0.2, 0.25) is 0 Å². The van der Waals surface area contributed by atoms with Gasteiger partial charge in [0.1, 0.15) is 5.75 Å². The number of allylic oxidation sites excluding steroid dienone is 1. The first-order chi connectivity index (χ1) is 17.5. The van der Waals surface area contributed by atoms with Crippen LogP contribution >= 0.6 is 11.3 Å². The maximum atomic E-state index is 13.8. The van der Waals surface area contributed by atoms with Crippen molar-refractivity contribution < 1.29 is 14.3 Å². The van der Waals surface area contributed by atoms with Crippen molar-refractivity contribution in [1.82, 2.24) is 4.57 Å². The summed E-state index contributed by atoms with van der Waals surface area (Å²) in [5.41, 5.74) is 2.46. The highest BCUT2D eigenvalue weighted by Crippen LogP contribution is 2.31. The Balaban J connectivity index is 1.71. The topological polar surface area (TPSA) is 69.9 Å². The van der Waals surface area contributed by atoms with Crippen LogP contribution in [0.1, 0.15) is 37.9 Å². The Kier molecular flexibility index (Phi) is 6.57. The van der Waals surface area contributed by atoms with Gasteiger partial charge in [-0.3, -0.25) is 9.36 Å². The molecule has 182 valence electrons. The van der Waals surface area contributed by atoms with E-state index < -0.39 is 12.0 Å². The summed E-state index contributed by atoms with van der Waals surface area (Å²) in [5, 5.41) is 2.17. The zero-order chi connectivity index (χ0) is 25.2. The van der Waals surface area contributed by atoms with Gasteiger partial charge in [-0.15, -0.1) is 0 Å². The van der Waals surface area contributed by atoms with E-state index in [1.807, 2.05) is 67.6 Å². The Labute approximate surface area is 212 Å². The lowest BCUT2D eigenvalue weighted by Crippen LogP contribution is -2.39. The van der Waals surface area contributed by atoms with Crippen molar-refractivity contribution in [3.05, 3.63) is 109 Å². The van der Waals surface area contributed by atoms with Crippen LogP contribution in [-0.4, -0.2) is 23.8 Å². The van der Waals surface area contributed by atoms with E-state index in [4.69, 9.17) is 9.47 Å². The van der Waals surface area contributed by atoms with E-state index in [-0.39, 0.29) is 12.2 Å². The van der Waals surface area contributed by atoms with E-state index >= 15 is 0 Å². The molecule has 7 heteroatoms. The summed E-state index contributed by atoms with van der Waals surface area (Å²) < 4.78 is 13.1. The fourth-order valence-electron chi connectivity index (χ4n) is 4.54. The predicted molar refractivity (Wildman–Crippen MR) is 142 cm³/mol. The second-order valence-corrected chi connectivity index (χ2v) is 9.38. The van der Waals surface area contributed by atoms with Gasteiger partial charge in [0.2, 0.25) is 0 Å². The lowest BCUT2D eigenvalue weighted by molar-refractivity contribution is -0.139. The average Bonchev–Trinajstić information content (AvgIpc) is 3.18. The van der Waals surface area contributed by atoms with Gasteiger partial charge in [-0.25, -0.2) is 9.79 Å². The Bertz CT molecular complexity index is 1660. The maximum absolute atomic E-state index is 13.8. The molecule has 3 aromatic carbocycles. The highest BCUT2D eigenvalue weighted by Gasteiger charge is 2.33. The minimum absolute atomic E-state index is 0.195. The second kappa shape index (κ2) is 9.95. The molecule has 5 rings (SSSR count). The number of benzene rings is 3. The van der Waals surface area contributed by atoms with Crippen molar-refractivity contribution >= 4 is 34.2 Å². The molecular formula is C29H26N2O4S. The standard InChI is InChI=1S/C29H26N2O4S/c1-4-34-22-15-13-20(14-16-22)26-25(28(33)35-5-2)18(3)30-29-31(26)27(32)24(36-29)17-21-11-8-10-19-9-6-7-12-23(19)21/h6-17,26H,4-5H2,1-3H3/b24-17-/t26-/m0/s1. The van der Waals surface area contributed by atoms with Crippen molar-refractivity contribution in [3.8, 4) is 5.75 Å². The van der Waals surface area contributed by atoms with Crippen molar-refractivity contribution in [2.75, 3.05) is 13.2 Å². The van der Waals surface area contributed by atoms with Crippen LogP contribution in [0.4, 0.5) is 0 Å². The van der Waals surface area contributed by atoms with Crippen LogP contribution in [-0.2, 0) is 9.53 Å². The molecule has 1 atom stereocenters. The number of fused-ring (bicyclic) bond motifs is 2. The minimum atomic E-state index is -0.648. The van der Waals surface area contributed by atoms with Crippen LogP contribution in [0.15, 0.2) is 87.8 Å². The quantitative estimate of drug-likeness (QED) is 0.371. The molecule has 0 saturated heterocycles. The van der Waals surface area contributed by atoms with Gasteiger partial charge < -0.3 is 9.47 Å². The first kappa shape index (κ1) is 23.8. The number of carbonyl (C=O) groups is 1. The summed E-state index contributed by atoms with van der Waals surface area (Å²) in [7, 11) is 0. The SMILES string of the molecule is CCOC(=O)C1=C(C)N=c2s/c(=C\c3cccc4ccccc34)c(=O)n2[C@H]1c1ccc(OCC)cc1. The van der Waals surface area contributed by atoms with E-state index in [1.165, 1.54) is 11.3 Å². The molecule has 0 saturated carbocycles. The molecule has 0 fully saturated rings. The summed E-state index contributed by atoms with van der Waals surface area (Å²) in [4.78, 5) is 32.1. The number of ether oxygens (including phenoxy) is 2. The molecule has 0 amide bonds. The number of thiazole rings is 1. The summed E-state index contributed by atoms with van der Waals surface area (Å²) in [6.45, 7) is 6.26. The lowest BCUT2D eigenvalue weighted by Gasteiger charge is -2.24. The van der Waals surface area contributed by atoms with Gasteiger partial charge in [0.25, 0.3) is 5.56 Å². The number of aromatic nitrogens is 1. The van der Waals surface area contributed by atoms with Crippen LogP contribution in [0.3, 0.4) is 0 Å². The third kappa shape index (κ3) is 4.27. The molecule has 0 spiro atoms. The number of carbonyl (C=O) groups excluding carboxylic acids is 1. The number of nitrogens with zero attached hydrogens (tertiary/aromatic N) is 2.